The smallest absolute Gasteiger partial charge is 0.0462 e. The van der Waals surface area contributed by atoms with Gasteiger partial charge in [-0.1, -0.05) is 30.5 Å². The predicted octanol–water partition coefficient (Wildman–Crippen LogP) is 5.26. The maximum Gasteiger partial charge on any atom is 0.0462 e. The molecule has 0 saturated heterocycles. The quantitative estimate of drug-likeness (QED) is 0.813. The SMILES string of the molecule is CC(C)(C)NCc1ccc(SC2CCCC2)cc1Cl. The minimum absolute atomic E-state index is 0.126. The van der Waals surface area contributed by atoms with Crippen LogP contribution in [0.5, 0.6) is 0 Å². The van der Waals surface area contributed by atoms with Crippen molar-refractivity contribution >= 4 is 23.4 Å². The van der Waals surface area contributed by atoms with E-state index >= 15 is 0 Å². The van der Waals surface area contributed by atoms with E-state index in [1.54, 1.807) is 0 Å². The van der Waals surface area contributed by atoms with Crippen LogP contribution in [0.1, 0.15) is 52.0 Å². The number of rotatable bonds is 4. The normalized spacial score (nSPS) is 17.1. The standard InChI is InChI=1S/C16H24ClNS/c1-16(2,3)18-11-12-8-9-14(10-15(12)17)19-13-6-4-5-7-13/h8-10,13,18H,4-7,11H2,1-3H3. The Morgan fingerprint density at radius 3 is 2.53 bits per heavy atom. The fraction of sp³-hybridized carbons (Fsp3) is 0.625. The van der Waals surface area contributed by atoms with Crippen molar-refractivity contribution in [2.75, 3.05) is 0 Å². The summed E-state index contributed by atoms with van der Waals surface area (Å²) in [5, 5.41) is 5.17. The van der Waals surface area contributed by atoms with Crippen LogP contribution in [0.3, 0.4) is 0 Å². The van der Waals surface area contributed by atoms with Crippen molar-refractivity contribution < 1.29 is 0 Å². The number of thioether (sulfide) groups is 1. The monoisotopic (exact) mass is 297 g/mol. The maximum atomic E-state index is 6.39. The molecular formula is C16H24ClNS. The fourth-order valence-corrected chi connectivity index (χ4v) is 3.90. The Balaban J connectivity index is 1.96. The topological polar surface area (TPSA) is 12.0 Å². The minimum Gasteiger partial charge on any atom is -0.308 e. The lowest BCUT2D eigenvalue weighted by Crippen LogP contribution is -2.35. The third-order valence-corrected chi connectivity index (χ3v) is 5.12. The highest BCUT2D eigenvalue weighted by atomic mass is 35.5. The van der Waals surface area contributed by atoms with Crippen LogP contribution in [0.15, 0.2) is 23.1 Å². The molecule has 0 aromatic heterocycles. The molecule has 0 atom stereocenters. The number of halogens is 1. The lowest BCUT2D eigenvalue weighted by Gasteiger charge is -2.21. The number of hydrogen-bond donors (Lipinski definition) is 1. The third kappa shape index (κ3) is 5.02. The van der Waals surface area contributed by atoms with E-state index in [1.165, 1.54) is 36.1 Å². The molecule has 0 spiro atoms. The molecule has 0 radical (unpaired) electrons. The first-order valence-corrected chi connectivity index (χ1v) is 8.40. The molecule has 1 aromatic carbocycles. The summed E-state index contributed by atoms with van der Waals surface area (Å²) in [5.74, 6) is 0. The van der Waals surface area contributed by atoms with Crippen LogP contribution in [0, 0.1) is 0 Å². The van der Waals surface area contributed by atoms with Crippen LogP contribution in [-0.2, 0) is 6.54 Å². The Morgan fingerprint density at radius 1 is 1.26 bits per heavy atom. The zero-order valence-electron chi connectivity index (χ0n) is 12.1. The summed E-state index contributed by atoms with van der Waals surface area (Å²) in [5.41, 5.74) is 1.31. The summed E-state index contributed by atoms with van der Waals surface area (Å²) in [4.78, 5) is 1.32. The summed E-state index contributed by atoms with van der Waals surface area (Å²) in [6.45, 7) is 7.35. The van der Waals surface area contributed by atoms with Crippen molar-refractivity contribution in [3.63, 3.8) is 0 Å². The predicted molar refractivity (Wildman–Crippen MR) is 86.2 cm³/mol. The highest BCUT2D eigenvalue weighted by Gasteiger charge is 2.16. The molecule has 0 bridgehead atoms. The van der Waals surface area contributed by atoms with Crippen molar-refractivity contribution in [3.05, 3.63) is 28.8 Å². The summed E-state index contributed by atoms with van der Waals surface area (Å²) >= 11 is 8.38. The first kappa shape index (κ1) is 15.2. The van der Waals surface area contributed by atoms with Gasteiger partial charge in [0.2, 0.25) is 0 Å². The molecule has 1 aliphatic carbocycles. The second-order valence-corrected chi connectivity index (χ2v) is 8.16. The molecule has 1 nitrogen and oxygen atoms in total. The fourth-order valence-electron chi connectivity index (χ4n) is 2.30. The molecule has 0 unspecified atom stereocenters. The van der Waals surface area contributed by atoms with E-state index in [0.717, 1.165) is 16.8 Å². The molecule has 19 heavy (non-hydrogen) atoms. The van der Waals surface area contributed by atoms with Gasteiger partial charge in [-0.25, -0.2) is 0 Å². The summed E-state index contributed by atoms with van der Waals surface area (Å²) < 4.78 is 0. The van der Waals surface area contributed by atoms with Crippen molar-refractivity contribution in [3.8, 4) is 0 Å². The molecule has 106 valence electrons. The van der Waals surface area contributed by atoms with Gasteiger partial charge in [-0.3, -0.25) is 0 Å². The number of benzene rings is 1. The van der Waals surface area contributed by atoms with E-state index in [9.17, 15) is 0 Å². The molecule has 2 rings (SSSR count). The highest BCUT2D eigenvalue weighted by molar-refractivity contribution is 8.00. The van der Waals surface area contributed by atoms with Gasteiger partial charge in [-0.15, -0.1) is 11.8 Å². The molecule has 1 aliphatic rings. The molecule has 0 amide bonds. The van der Waals surface area contributed by atoms with Crippen LogP contribution < -0.4 is 5.32 Å². The van der Waals surface area contributed by atoms with Gasteiger partial charge >= 0.3 is 0 Å². The van der Waals surface area contributed by atoms with Gasteiger partial charge in [0.25, 0.3) is 0 Å². The maximum absolute atomic E-state index is 6.39. The summed E-state index contributed by atoms with van der Waals surface area (Å²) in [6, 6.07) is 6.51. The zero-order chi connectivity index (χ0) is 13.9. The molecule has 1 N–H and O–H groups in total. The van der Waals surface area contributed by atoms with Crippen LogP contribution in [0.4, 0.5) is 0 Å². The Hall–Kier alpha value is -0.180. The van der Waals surface area contributed by atoms with Gasteiger partial charge in [0, 0.05) is 27.3 Å². The Bertz CT molecular complexity index is 419. The lowest BCUT2D eigenvalue weighted by atomic mass is 10.1. The number of nitrogens with one attached hydrogen (secondary N) is 1. The second-order valence-electron chi connectivity index (χ2n) is 6.38. The molecule has 3 heteroatoms. The average molecular weight is 298 g/mol. The van der Waals surface area contributed by atoms with Crippen molar-refractivity contribution in [2.24, 2.45) is 0 Å². The Kier molecular flexibility index (Phi) is 5.22. The van der Waals surface area contributed by atoms with Crippen molar-refractivity contribution in [1.29, 1.82) is 0 Å². The van der Waals surface area contributed by atoms with E-state index in [0.29, 0.717) is 0 Å². The highest BCUT2D eigenvalue weighted by Crippen LogP contribution is 2.36. The molecule has 0 aliphatic heterocycles. The molecule has 1 saturated carbocycles. The molecule has 1 aromatic rings. The van der Waals surface area contributed by atoms with Gasteiger partial charge in [-0.05, 0) is 51.3 Å². The first-order valence-electron chi connectivity index (χ1n) is 7.14. The van der Waals surface area contributed by atoms with Gasteiger partial charge in [0.05, 0.1) is 0 Å². The lowest BCUT2D eigenvalue weighted by molar-refractivity contribution is 0.424. The van der Waals surface area contributed by atoms with Gasteiger partial charge in [0.1, 0.15) is 0 Å². The minimum atomic E-state index is 0.126. The average Bonchev–Trinajstić information content (AvgIpc) is 2.79. The molecular weight excluding hydrogens is 274 g/mol. The zero-order valence-corrected chi connectivity index (χ0v) is 13.7. The number of hydrogen-bond acceptors (Lipinski definition) is 2. The van der Waals surface area contributed by atoms with Gasteiger partial charge < -0.3 is 5.32 Å². The first-order chi connectivity index (χ1) is 8.94. The van der Waals surface area contributed by atoms with Gasteiger partial charge in [-0.2, -0.15) is 0 Å². The van der Waals surface area contributed by atoms with E-state index in [4.69, 9.17) is 11.6 Å². The van der Waals surface area contributed by atoms with E-state index in [-0.39, 0.29) is 5.54 Å². The van der Waals surface area contributed by atoms with Crippen LogP contribution >= 0.6 is 23.4 Å². The van der Waals surface area contributed by atoms with Crippen LogP contribution in [0.2, 0.25) is 5.02 Å². The van der Waals surface area contributed by atoms with E-state index in [1.807, 2.05) is 11.8 Å². The van der Waals surface area contributed by atoms with Crippen LogP contribution in [-0.4, -0.2) is 10.8 Å². The summed E-state index contributed by atoms with van der Waals surface area (Å²) in [7, 11) is 0. The largest absolute Gasteiger partial charge is 0.308 e. The van der Waals surface area contributed by atoms with Crippen molar-refractivity contribution in [2.45, 2.75) is 68.7 Å². The Morgan fingerprint density at radius 2 is 1.95 bits per heavy atom. The second kappa shape index (κ2) is 6.51. The third-order valence-electron chi connectivity index (χ3n) is 3.44. The van der Waals surface area contributed by atoms with E-state index in [2.05, 4.69) is 44.3 Å². The molecule has 0 heterocycles. The Labute approximate surface area is 126 Å². The van der Waals surface area contributed by atoms with Crippen LogP contribution in [0.25, 0.3) is 0 Å². The van der Waals surface area contributed by atoms with Gasteiger partial charge in [0.15, 0.2) is 0 Å². The van der Waals surface area contributed by atoms with Crippen molar-refractivity contribution in [1.82, 2.24) is 5.32 Å². The summed E-state index contributed by atoms with van der Waals surface area (Å²) in [6.07, 6.45) is 5.49. The molecule has 1 fully saturated rings. The van der Waals surface area contributed by atoms with E-state index < -0.39 is 0 Å².